The summed E-state index contributed by atoms with van der Waals surface area (Å²) in [5.41, 5.74) is 0. The van der Waals surface area contributed by atoms with E-state index >= 15 is 0 Å². The highest BCUT2D eigenvalue weighted by Crippen LogP contribution is 2.21. The van der Waals surface area contributed by atoms with Crippen LogP contribution >= 0.6 is 23.7 Å². The molecule has 0 aliphatic heterocycles. The van der Waals surface area contributed by atoms with E-state index in [0.717, 1.165) is 18.1 Å². The van der Waals surface area contributed by atoms with Gasteiger partial charge < -0.3 is 9.80 Å². The molecule has 16 heavy (non-hydrogen) atoms. The number of likely N-dealkylation sites (N-methyl/N-ethyl adjacent to an activating group) is 1. The minimum Gasteiger partial charge on any atom is -0.308 e. The van der Waals surface area contributed by atoms with Crippen molar-refractivity contribution < 1.29 is 4.79 Å². The maximum atomic E-state index is 11.7. The average molecular weight is 263 g/mol. The highest BCUT2D eigenvalue weighted by molar-refractivity contribution is 7.14. The molecule has 0 radical (unpaired) electrons. The van der Waals surface area contributed by atoms with Crippen LogP contribution in [0.5, 0.6) is 0 Å². The predicted octanol–water partition coefficient (Wildman–Crippen LogP) is 2.47. The fraction of sp³-hybridized carbons (Fsp3) is 0.545. The van der Waals surface area contributed by atoms with Crippen molar-refractivity contribution in [1.29, 1.82) is 0 Å². The van der Waals surface area contributed by atoms with E-state index in [4.69, 9.17) is 0 Å². The van der Waals surface area contributed by atoms with E-state index in [-0.39, 0.29) is 18.3 Å². The monoisotopic (exact) mass is 262 g/mol. The first-order valence-electron chi connectivity index (χ1n) is 5.13. The summed E-state index contributed by atoms with van der Waals surface area (Å²) in [6.45, 7) is 3.56. The smallest absolute Gasteiger partial charge is 0.227 e. The number of thiophene rings is 1. The van der Waals surface area contributed by atoms with Gasteiger partial charge in [-0.3, -0.25) is 4.79 Å². The first-order valence-corrected chi connectivity index (χ1v) is 6.01. The molecule has 1 aromatic rings. The Hall–Kier alpha value is -0.580. The number of rotatable bonds is 5. The van der Waals surface area contributed by atoms with Crippen LogP contribution in [0.2, 0.25) is 0 Å². The molecule has 0 fully saturated rings. The second-order valence-corrected chi connectivity index (χ2v) is 4.58. The average Bonchev–Trinajstić information content (AvgIpc) is 2.70. The second kappa shape index (κ2) is 7.65. The Kier molecular flexibility index (Phi) is 7.38. The van der Waals surface area contributed by atoms with E-state index in [2.05, 4.69) is 4.90 Å². The first-order chi connectivity index (χ1) is 7.15. The van der Waals surface area contributed by atoms with Crippen LogP contribution in [-0.4, -0.2) is 38.0 Å². The van der Waals surface area contributed by atoms with Crippen molar-refractivity contribution in [3.63, 3.8) is 0 Å². The SMILES string of the molecule is CCC(=O)N(CCN(C)C)c1cccs1.Cl. The molecule has 1 aromatic heterocycles. The number of carbonyl (C=O) groups excluding carboxylic acids is 1. The Balaban J connectivity index is 0.00000225. The van der Waals surface area contributed by atoms with Gasteiger partial charge in [-0.2, -0.15) is 0 Å². The van der Waals surface area contributed by atoms with Gasteiger partial charge in [-0.15, -0.1) is 23.7 Å². The van der Waals surface area contributed by atoms with E-state index in [1.807, 2.05) is 43.4 Å². The maximum Gasteiger partial charge on any atom is 0.227 e. The third-order valence-corrected chi connectivity index (χ3v) is 3.04. The molecule has 0 bridgehead atoms. The van der Waals surface area contributed by atoms with Gasteiger partial charge in [0.1, 0.15) is 0 Å². The Bertz CT molecular complexity index is 301. The van der Waals surface area contributed by atoms with E-state index in [1.165, 1.54) is 0 Å². The van der Waals surface area contributed by atoms with Crippen molar-refractivity contribution in [2.24, 2.45) is 0 Å². The summed E-state index contributed by atoms with van der Waals surface area (Å²) >= 11 is 1.61. The Morgan fingerprint density at radius 1 is 1.38 bits per heavy atom. The summed E-state index contributed by atoms with van der Waals surface area (Å²) in [7, 11) is 4.03. The fourth-order valence-corrected chi connectivity index (χ4v) is 2.05. The minimum atomic E-state index is 0. The first kappa shape index (κ1) is 15.4. The van der Waals surface area contributed by atoms with Crippen molar-refractivity contribution >= 4 is 34.7 Å². The molecule has 5 heteroatoms. The van der Waals surface area contributed by atoms with Crippen molar-refractivity contribution in [3.8, 4) is 0 Å². The van der Waals surface area contributed by atoms with E-state index in [0.29, 0.717) is 6.42 Å². The molecule has 1 rings (SSSR count). The highest BCUT2D eigenvalue weighted by atomic mass is 35.5. The predicted molar refractivity (Wildman–Crippen MR) is 72.8 cm³/mol. The van der Waals surface area contributed by atoms with Gasteiger partial charge in [-0.05, 0) is 31.6 Å². The van der Waals surface area contributed by atoms with Crippen LogP contribution in [0.25, 0.3) is 0 Å². The Morgan fingerprint density at radius 3 is 2.50 bits per heavy atom. The molecule has 0 atom stereocenters. The summed E-state index contributed by atoms with van der Waals surface area (Å²) in [6, 6.07) is 3.97. The number of anilines is 1. The molecule has 0 N–H and O–H groups in total. The summed E-state index contributed by atoms with van der Waals surface area (Å²) in [4.78, 5) is 15.7. The molecule has 3 nitrogen and oxygen atoms in total. The summed E-state index contributed by atoms with van der Waals surface area (Å²) in [6.07, 6.45) is 0.561. The van der Waals surface area contributed by atoms with Gasteiger partial charge in [0.15, 0.2) is 0 Å². The lowest BCUT2D eigenvalue weighted by Gasteiger charge is -2.22. The van der Waals surface area contributed by atoms with Gasteiger partial charge in [-0.1, -0.05) is 6.92 Å². The molecule has 0 aliphatic carbocycles. The molecule has 0 spiro atoms. The molecule has 0 unspecified atom stereocenters. The van der Waals surface area contributed by atoms with Gasteiger partial charge >= 0.3 is 0 Å². The number of halogens is 1. The van der Waals surface area contributed by atoms with Crippen LogP contribution in [0.4, 0.5) is 5.00 Å². The van der Waals surface area contributed by atoms with Gasteiger partial charge in [-0.25, -0.2) is 0 Å². The normalized spacial score (nSPS) is 10.0. The second-order valence-electron chi connectivity index (χ2n) is 3.65. The highest BCUT2D eigenvalue weighted by Gasteiger charge is 2.14. The Morgan fingerprint density at radius 2 is 2.06 bits per heavy atom. The van der Waals surface area contributed by atoms with Crippen molar-refractivity contribution in [2.75, 3.05) is 32.1 Å². The topological polar surface area (TPSA) is 23.6 Å². The number of hydrogen-bond acceptors (Lipinski definition) is 3. The lowest BCUT2D eigenvalue weighted by molar-refractivity contribution is -0.118. The van der Waals surface area contributed by atoms with Crippen molar-refractivity contribution in [1.82, 2.24) is 4.90 Å². The largest absolute Gasteiger partial charge is 0.308 e. The number of carbonyl (C=O) groups is 1. The maximum absolute atomic E-state index is 11.7. The van der Waals surface area contributed by atoms with Crippen molar-refractivity contribution in [2.45, 2.75) is 13.3 Å². The van der Waals surface area contributed by atoms with Gasteiger partial charge in [0.05, 0.1) is 5.00 Å². The molecule has 0 saturated heterocycles. The van der Waals surface area contributed by atoms with Crippen LogP contribution in [0.15, 0.2) is 17.5 Å². The summed E-state index contributed by atoms with van der Waals surface area (Å²) < 4.78 is 0. The molecule has 1 amide bonds. The minimum absolute atomic E-state index is 0. The zero-order valence-corrected chi connectivity index (χ0v) is 11.6. The van der Waals surface area contributed by atoms with E-state index in [9.17, 15) is 4.79 Å². The lowest BCUT2D eigenvalue weighted by atomic mass is 10.3. The van der Waals surface area contributed by atoms with E-state index in [1.54, 1.807) is 11.3 Å². The third kappa shape index (κ3) is 4.51. The number of nitrogens with zero attached hydrogens (tertiary/aromatic N) is 2. The van der Waals surface area contributed by atoms with Crippen LogP contribution in [-0.2, 0) is 4.79 Å². The van der Waals surface area contributed by atoms with Crippen LogP contribution in [0.1, 0.15) is 13.3 Å². The van der Waals surface area contributed by atoms with Crippen LogP contribution in [0, 0.1) is 0 Å². The zero-order valence-electron chi connectivity index (χ0n) is 9.97. The fourth-order valence-electron chi connectivity index (χ4n) is 1.27. The number of hydrogen-bond donors (Lipinski definition) is 0. The van der Waals surface area contributed by atoms with Crippen molar-refractivity contribution in [3.05, 3.63) is 17.5 Å². The molecule has 0 aliphatic rings. The zero-order chi connectivity index (χ0) is 11.3. The number of amides is 1. The molecule has 0 saturated carbocycles. The lowest BCUT2D eigenvalue weighted by Crippen LogP contribution is -2.35. The van der Waals surface area contributed by atoms with Gasteiger partial charge in [0.25, 0.3) is 0 Å². The standard InChI is InChI=1S/C11H18N2OS.ClH/c1-4-10(14)13(8-7-12(2)3)11-6-5-9-15-11;/h5-6,9H,4,7-8H2,1-3H3;1H. The molecule has 0 aromatic carbocycles. The van der Waals surface area contributed by atoms with E-state index < -0.39 is 0 Å². The summed E-state index contributed by atoms with van der Waals surface area (Å²) in [5.74, 6) is 0.194. The van der Waals surface area contributed by atoms with Gasteiger partial charge in [0.2, 0.25) is 5.91 Å². The third-order valence-electron chi connectivity index (χ3n) is 2.15. The molecular weight excluding hydrogens is 244 g/mol. The van der Waals surface area contributed by atoms with Crippen LogP contribution in [0.3, 0.4) is 0 Å². The van der Waals surface area contributed by atoms with Gasteiger partial charge in [0, 0.05) is 19.5 Å². The molecule has 1 heterocycles. The summed E-state index contributed by atoms with van der Waals surface area (Å²) in [5, 5.41) is 3.05. The molecular formula is C11H19ClN2OS. The quantitative estimate of drug-likeness (QED) is 0.814. The van der Waals surface area contributed by atoms with Crippen LogP contribution < -0.4 is 4.90 Å². The molecule has 92 valence electrons. The Labute approximate surface area is 107 Å².